The van der Waals surface area contributed by atoms with E-state index in [-0.39, 0.29) is 30.2 Å². The normalized spacial score (nSPS) is 20.3. The minimum Gasteiger partial charge on any atom is -0.504 e. The zero-order valence-electron chi connectivity index (χ0n) is 26.3. The Kier molecular flexibility index (Phi) is 7.39. The molecule has 6 bridgehead atoms. The summed E-state index contributed by atoms with van der Waals surface area (Å²) in [5, 5.41) is 32.5. The Balaban J connectivity index is 1.43. The van der Waals surface area contributed by atoms with Crippen LogP contribution >= 0.6 is 0 Å². The van der Waals surface area contributed by atoms with E-state index in [2.05, 4.69) is 50.3 Å². The smallest absolute Gasteiger partial charge is 0.178 e. The molecule has 45 heavy (non-hydrogen) atoms. The highest BCUT2D eigenvalue weighted by atomic mass is 16.5. The van der Waals surface area contributed by atoms with Gasteiger partial charge in [-0.1, -0.05) is 18.2 Å². The van der Waals surface area contributed by atoms with Crippen molar-refractivity contribution in [3.63, 3.8) is 0 Å². The average Bonchev–Trinajstić information content (AvgIpc) is 3.03. The van der Waals surface area contributed by atoms with Gasteiger partial charge in [-0.05, 0) is 90.2 Å². The van der Waals surface area contributed by atoms with Crippen LogP contribution in [-0.4, -0.2) is 66.0 Å². The second kappa shape index (κ2) is 11.3. The van der Waals surface area contributed by atoms with Crippen LogP contribution in [0.15, 0.2) is 60.7 Å². The van der Waals surface area contributed by atoms with Crippen LogP contribution in [0.4, 0.5) is 0 Å². The van der Waals surface area contributed by atoms with Gasteiger partial charge in [0.05, 0.1) is 39.9 Å². The Morgan fingerprint density at radius 3 is 2.42 bits per heavy atom. The van der Waals surface area contributed by atoms with E-state index in [1.54, 1.807) is 13.2 Å². The average molecular weight is 610 g/mol. The highest BCUT2D eigenvalue weighted by Crippen LogP contribution is 2.49. The molecule has 8 rings (SSSR count). The van der Waals surface area contributed by atoms with Crippen molar-refractivity contribution in [3.05, 3.63) is 99.6 Å². The van der Waals surface area contributed by atoms with Crippen LogP contribution in [-0.2, 0) is 32.3 Å². The summed E-state index contributed by atoms with van der Waals surface area (Å²) < 4.78 is 19.5. The number of fused-ring (bicyclic) bond motifs is 2. The first kappa shape index (κ1) is 29.5. The van der Waals surface area contributed by atoms with Gasteiger partial charge in [0.15, 0.2) is 34.5 Å². The second-order valence-corrected chi connectivity index (χ2v) is 13.2. The maximum atomic E-state index is 11.4. The number of aliphatic hydroxyl groups is 1. The van der Waals surface area contributed by atoms with Gasteiger partial charge in [-0.3, -0.25) is 4.90 Å². The molecule has 234 valence electrons. The zero-order chi connectivity index (χ0) is 31.5. The first-order valence-electron chi connectivity index (χ1n) is 15.6. The summed E-state index contributed by atoms with van der Waals surface area (Å²) in [5.74, 6) is 2.61. The lowest BCUT2D eigenvalue weighted by Gasteiger charge is -2.43. The Hall–Kier alpha value is -4.24. The van der Waals surface area contributed by atoms with Crippen molar-refractivity contribution < 1.29 is 34.0 Å². The van der Waals surface area contributed by atoms with E-state index < -0.39 is 0 Å². The molecule has 3 N–H and O–H groups in total. The quantitative estimate of drug-likeness (QED) is 0.234. The van der Waals surface area contributed by atoms with Crippen LogP contribution in [0, 0.1) is 0 Å². The molecule has 8 heteroatoms. The van der Waals surface area contributed by atoms with Gasteiger partial charge in [0.2, 0.25) is 0 Å². The van der Waals surface area contributed by atoms with Gasteiger partial charge in [0, 0.05) is 31.0 Å². The van der Waals surface area contributed by atoms with Gasteiger partial charge in [0.1, 0.15) is 11.8 Å². The third-order valence-corrected chi connectivity index (χ3v) is 10.1. The summed E-state index contributed by atoms with van der Waals surface area (Å²) in [6.07, 6.45) is 3.09. The SMILES string of the molecule is COc1cc2c3cc1Oc1cc(ccc1O)C[C@@H]1c4c(cc(CO)c(O)c4Oc4ccc(cc4)C[C@@H]3N(C)CC2)CC[N+]1(C)C. The van der Waals surface area contributed by atoms with Crippen LogP contribution in [0.5, 0.6) is 40.2 Å². The number of quaternary nitrogens is 1. The Morgan fingerprint density at radius 1 is 0.889 bits per heavy atom. The van der Waals surface area contributed by atoms with E-state index in [0.717, 1.165) is 54.6 Å². The van der Waals surface area contributed by atoms with E-state index in [1.165, 1.54) is 11.1 Å². The van der Waals surface area contributed by atoms with Gasteiger partial charge in [-0.2, -0.15) is 0 Å². The van der Waals surface area contributed by atoms with Crippen molar-refractivity contribution in [1.82, 2.24) is 4.90 Å². The lowest BCUT2D eigenvalue weighted by Crippen LogP contribution is -2.48. The maximum absolute atomic E-state index is 11.4. The molecule has 0 radical (unpaired) electrons. The number of aliphatic hydroxyl groups excluding tert-OH is 1. The number of likely N-dealkylation sites (N-methyl/N-ethyl adjacent to an activating group) is 2. The lowest BCUT2D eigenvalue weighted by molar-refractivity contribution is -0.923. The molecule has 0 amide bonds. The standard InChI is InChI=1S/C37H40N2O6/c1-38-13-11-24-19-33(43-4)34-20-28(24)29(38)15-22-5-8-27(9-6-22)44-37-35-25(18-26(21-40)36(37)42)12-14-39(2,3)30(35)16-23-7-10-31(41)32(17-23)45-34/h5-10,17-20,29-30,40H,11-16,21H2,1-4H3,(H-,41,42)/p+1/t29-,30+/m0/s1. The summed E-state index contributed by atoms with van der Waals surface area (Å²) in [4.78, 5) is 2.37. The number of phenolic OH excluding ortho intramolecular Hbond substituents is 1. The van der Waals surface area contributed by atoms with E-state index in [9.17, 15) is 15.3 Å². The molecular weight excluding hydrogens is 568 g/mol. The third kappa shape index (κ3) is 5.27. The number of hydrogen-bond acceptors (Lipinski definition) is 7. The molecule has 4 aliphatic rings. The summed E-state index contributed by atoms with van der Waals surface area (Å²) in [6.45, 7) is 1.52. The third-order valence-electron chi connectivity index (χ3n) is 10.1. The molecule has 0 spiro atoms. The van der Waals surface area contributed by atoms with Crippen LogP contribution in [0.3, 0.4) is 0 Å². The molecule has 4 aromatic rings. The fraction of sp³-hybridized carbons (Fsp3) is 0.351. The minimum absolute atomic E-state index is 0.0294. The van der Waals surface area contributed by atoms with Gasteiger partial charge < -0.3 is 34.0 Å². The number of methoxy groups -OCH3 is 1. The predicted octanol–water partition coefficient (Wildman–Crippen LogP) is 6.18. The molecular formula is C37H41N2O6+. The van der Waals surface area contributed by atoms with Gasteiger partial charge >= 0.3 is 0 Å². The highest BCUT2D eigenvalue weighted by Gasteiger charge is 2.40. The van der Waals surface area contributed by atoms with Crippen LogP contribution in [0.1, 0.15) is 51.0 Å². The van der Waals surface area contributed by atoms with E-state index in [1.807, 2.05) is 30.3 Å². The Bertz CT molecular complexity index is 1770. The summed E-state index contributed by atoms with van der Waals surface area (Å²) in [6, 6.07) is 19.7. The number of ether oxygens (including phenoxy) is 3. The van der Waals surface area contributed by atoms with Crippen molar-refractivity contribution in [3.8, 4) is 40.2 Å². The van der Waals surface area contributed by atoms with Crippen LogP contribution in [0.2, 0.25) is 0 Å². The van der Waals surface area contributed by atoms with Gasteiger partial charge in [0.25, 0.3) is 0 Å². The van der Waals surface area contributed by atoms with Crippen LogP contribution < -0.4 is 14.2 Å². The number of nitrogens with zero attached hydrogens (tertiary/aromatic N) is 2. The van der Waals surface area contributed by atoms with Crippen molar-refractivity contribution in [2.45, 2.75) is 44.4 Å². The first-order valence-corrected chi connectivity index (χ1v) is 15.6. The van der Waals surface area contributed by atoms with Crippen LogP contribution in [0.25, 0.3) is 0 Å². The first-order chi connectivity index (χ1) is 21.6. The van der Waals surface area contributed by atoms with Gasteiger partial charge in [-0.25, -0.2) is 0 Å². The Morgan fingerprint density at radius 2 is 1.67 bits per heavy atom. The molecule has 0 aromatic heterocycles. The van der Waals surface area contributed by atoms with E-state index >= 15 is 0 Å². The molecule has 4 aliphatic heterocycles. The topological polar surface area (TPSA) is 91.6 Å². The molecule has 8 nitrogen and oxygen atoms in total. The molecule has 2 atom stereocenters. The fourth-order valence-electron chi connectivity index (χ4n) is 7.32. The summed E-state index contributed by atoms with van der Waals surface area (Å²) in [7, 11) is 8.18. The van der Waals surface area contributed by atoms with Gasteiger partial charge in [-0.15, -0.1) is 0 Å². The van der Waals surface area contributed by atoms with E-state index in [0.29, 0.717) is 45.2 Å². The van der Waals surface area contributed by atoms with E-state index in [4.69, 9.17) is 14.2 Å². The van der Waals surface area contributed by atoms with Crippen molar-refractivity contribution in [2.24, 2.45) is 0 Å². The molecule has 4 aromatic carbocycles. The molecule has 0 saturated carbocycles. The van der Waals surface area contributed by atoms with Crippen molar-refractivity contribution in [2.75, 3.05) is 41.3 Å². The number of hydrogen-bond donors (Lipinski definition) is 3. The number of phenols is 2. The maximum Gasteiger partial charge on any atom is 0.178 e. The Labute approximate surface area is 264 Å². The minimum atomic E-state index is -0.281. The predicted molar refractivity (Wildman–Crippen MR) is 172 cm³/mol. The lowest BCUT2D eigenvalue weighted by atomic mass is 9.85. The monoisotopic (exact) mass is 609 g/mol. The molecule has 0 aliphatic carbocycles. The molecule has 0 fully saturated rings. The number of aromatic hydroxyl groups is 2. The highest BCUT2D eigenvalue weighted by molar-refractivity contribution is 5.59. The number of benzene rings is 4. The summed E-state index contributed by atoms with van der Waals surface area (Å²) in [5.41, 5.74) is 7.00. The number of rotatable bonds is 2. The second-order valence-electron chi connectivity index (χ2n) is 13.2. The van der Waals surface area contributed by atoms with Crippen molar-refractivity contribution in [1.29, 1.82) is 0 Å². The molecule has 4 heterocycles. The fourth-order valence-corrected chi connectivity index (χ4v) is 7.32. The zero-order valence-corrected chi connectivity index (χ0v) is 26.3. The van der Waals surface area contributed by atoms with Crippen molar-refractivity contribution >= 4 is 0 Å². The summed E-state index contributed by atoms with van der Waals surface area (Å²) >= 11 is 0. The molecule has 0 saturated heterocycles. The largest absolute Gasteiger partial charge is 0.504 e. The molecule has 0 unspecified atom stereocenters.